The van der Waals surface area contributed by atoms with Gasteiger partial charge in [-0.05, 0) is 37.3 Å². The van der Waals surface area contributed by atoms with E-state index in [2.05, 4.69) is 5.32 Å². The number of benzene rings is 2. The minimum atomic E-state index is -0.307. The molecule has 0 atom stereocenters. The number of aromatic nitrogens is 1. The summed E-state index contributed by atoms with van der Waals surface area (Å²) in [5.41, 5.74) is 0.484. The lowest BCUT2D eigenvalue weighted by atomic mass is 10.1. The standard InChI is InChI=1S/C20H20N2O4/c1-3-25-18-9-5-4-8-16(18)21-19(23)13-26-17-10-6-7-15-14(17)11-12-22(2)20(15)24/h4-12H,3,13H2,1-2H3,(H,21,23). The predicted molar refractivity (Wildman–Crippen MR) is 101 cm³/mol. The van der Waals surface area contributed by atoms with Crippen molar-refractivity contribution >= 4 is 22.4 Å². The van der Waals surface area contributed by atoms with Gasteiger partial charge in [0, 0.05) is 18.6 Å². The molecule has 2 aromatic carbocycles. The normalized spacial score (nSPS) is 10.5. The highest BCUT2D eigenvalue weighted by Crippen LogP contribution is 2.25. The van der Waals surface area contributed by atoms with Crippen LogP contribution in [0.2, 0.25) is 0 Å². The molecule has 1 aromatic heterocycles. The molecule has 0 aliphatic heterocycles. The van der Waals surface area contributed by atoms with Gasteiger partial charge in [0.1, 0.15) is 11.5 Å². The fraction of sp³-hybridized carbons (Fsp3) is 0.200. The Labute approximate surface area is 151 Å². The lowest BCUT2D eigenvalue weighted by Crippen LogP contribution is -2.21. The summed E-state index contributed by atoms with van der Waals surface area (Å²) < 4.78 is 12.6. The van der Waals surface area contributed by atoms with Crippen molar-refractivity contribution in [3.63, 3.8) is 0 Å². The number of carbonyl (C=O) groups excluding carboxylic acids is 1. The molecule has 0 spiro atoms. The summed E-state index contributed by atoms with van der Waals surface area (Å²) in [5.74, 6) is 0.795. The molecule has 0 bridgehead atoms. The maximum atomic E-state index is 12.2. The Hall–Kier alpha value is -3.28. The Morgan fingerprint density at radius 2 is 1.77 bits per heavy atom. The number of nitrogens with one attached hydrogen (secondary N) is 1. The molecule has 0 aliphatic rings. The van der Waals surface area contributed by atoms with Crippen LogP contribution in [0.3, 0.4) is 0 Å². The van der Waals surface area contributed by atoms with Gasteiger partial charge < -0.3 is 19.4 Å². The fourth-order valence-electron chi connectivity index (χ4n) is 2.65. The minimum absolute atomic E-state index is 0.108. The summed E-state index contributed by atoms with van der Waals surface area (Å²) in [6.07, 6.45) is 1.68. The third-order valence-electron chi connectivity index (χ3n) is 3.90. The number of rotatable bonds is 6. The molecule has 1 heterocycles. The van der Waals surface area contributed by atoms with Crippen LogP contribution in [0.5, 0.6) is 11.5 Å². The van der Waals surface area contributed by atoms with Crippen molar-refractivity contribution in [3.8, 4) is 11.5 Å². The summed E-state index contributed by atoms with van der Waals surface area (Å²) in [7, 11) is 1.69. The summed E-state index contributed by atoms with van der Waals surface area (Å²) >= 11 is 0. The number of ether oxygens (including phenoxy) is 2. The van der Waals surface area contributed by atoms with Crippen LogP contribution in [0.4, 0.5) is 5.69 Å². The zero-order valence-corrected chi connectivity index (χ0v) is 14.7. The number of amides is 1. The van der Waals surface area contributed by atoms with E-state index in [1.807, 2.05) is 19.1 Å². The van der Waals surface area contributed by atoms with Crippen molar-refractivity contribution in [2.75, 3.05) is 18.5 Å². The molecule has 0 unspecified atom stereocenters. The third-order valence-corrected chi connectivity index (χ3v) is 3.90. The average Bonchev–Trinajstić information content (AvgIpc) is 2.65. The van der Waals surface area contributed by atoms with E-state index in [0.29, 0.717) is 34.6 Å². The second-order valence-electron chi connectivity index (χ2n) is 5.72. The van der Waals surface area contributed by atoms with E-state index in [1.54, 1.807) is 49.6 Å². The van der Waals surface area contributed by atoms with Gasteiger partial charge in [0.05, 0.1) is 17.7 Å². The van der Waals surface area contributed by atoms with E-state index in [9.17, 15) is 9.59 Å². The number of nitrogens with zero attached hydrogens (tertiary/aromatic N) is 1. The number of hydrogen-bond acceptors (Lipinski definition) is 4. The van der Waals surface area contributed by atoms with Gasteiger partial charge in [0.15, 0.2) is 6.61 Å². The van der Waals surface area contributed by atoms with E-state index in [4.69, 9.17) is 9.47 Å². The van der Waals surface area contributed by atoms with E-state index < -0.39 is 0 Å². The van der Waals surface area contributed by atoms with Gasteiger partial charge in [-0.3, -0.25) is 9.59 Å². The molecule has 134 valence electrons. The van der Waals surface area contributed by atoms with Crippen molar-refractivity contribution in [1.82, 2.24) is 4.57 Å². The van der Waals surface area contributed by atoms with Crippen LogP contribution in [0.25, 0.3) is 10.8 Å². The molecular formula is C20H20N2O4. The van der Waals surface area contributed by atoms with Gasteiger partial charge in [0.2, 0.25) is 0 Å². The molecule has 6 nitrogen and oxygen atoms in total. The second-order valence-corrected chi connectivity index (χ2v) is 5.72. The van der Waals surface area contributed by atoms with E-state index >= 15 is 0 Å². The van der Waals surface area contributed by atoms with Crippen molar-refractivity contribution in [3.05, 3.63) is 65.1 Å². The Bertz CT molecular complexity index is 995. The zero-order chi connectivity index (χ0) is 18.5. The molecule has 26 heavy (non-hydrogen) atoms. The van der Waals surface area contributed by atoms with Crippen molar-refractivity contribution in [2.45, 2.75) is 6.92 Å². The van der Waals surface area contributed by atoms with Gasteiger partial charge >= 0.3 is 0 Å². The molecule has 0 radical (unpaired) electrons. The smallest absolute Gasteiger partial charge is 0.262 e. The maximum absolute atomic E-state index is 12.2. The number of carbonyl (C=O) groups is 1. The lowest BCUT2D eigenvalue weighted by Gasteiger charge is -2.12. The lowest BCUT2D eigenvalue weighted by molar-refractivity contribution is -0.118. The minimum Gasteiger partial charge on any atom is -0.492 e. The number of para-hydroxylation sites is 2. The van der Waals surface area contributed by atoms with Gasteiger partial charge in [-0.25, -0.2) is 0 Å². The third kappa shape index (κ3) is 3.69. The number of pyridine rings is 1. The molecule has 1 amide bonds. The van der Waals surface area contributed by atoms with E-state index in [0.717, 1.165) is 0 Å². The van der Waals surface area contributed by atoms with Crippen LogP contribution in [-0.4, -0.2) is 23.7 Å². The summed E-state index contributed by atoms with van der Waals surface area (Å²) in [6, 6.07) is 14.2. The summed E-state index contributed by atoms with van der Waals surface area (Å²) in [5, 5.41) is 4.01. The Morgan fingerprint density at radius 3 is 2.58 bits per heavy atom. The highest BCUT2D eigenvalue weighted by molar-refractivity contribution is 5.94. The fourth-order valence-corrected chi connectivity index (χ4v) is 2.65. The molecule has 3 rings (SSSR count). The highest BCUT2D eigenvalue weighted by Gasteiger charge is 2.10. The molecule has 3 aromatic rings. The largest absolute Gasteiger partial charge is 0.492 e. The molecule has 0 saturated carbocycles. The number of aryl methyl sites for hydroxylation is 1. The van der Waals surface area contributed by atoms with E-state index in [1.165, 1.54) is 4.57 Å². The van der Waals surface area contributed by atoms with Crippen molar-refractivity contribution in [1.29, 1.82) is 0 Å². The molecule has 6 heteroatoms. The topological polar surface area (TPSA) is 69.6 Å². The molecule has 1 N–H and O–H groups in total. The number of fused-ring (bicyclic) bond motifs is 1. The van der Waals surface area contributed by atoms with Crippen molar-refractivity contribution < 1.29 is 14.3 Å². The second kappa shape index (κ2) is 7.74. The maximum Gasteiger partial charge on any atom is 0.262 e. The Kier molecular flexibility index (Phi) is 5.22. The number of anilines is 1. The van der Waals surface area contributed by atoms with Crippen LogP contribution in [0.15, 0.2) is 59.5 Å². The average molecular weight is 352 g/mol. The predicted octanol–water partition coefficient (Wildman–Crippen LogP) is 2.95. The van der Waals surface area contributed by atoms with Gasteiger partial charge in [0.25, 0.3) is 11.5 Å². The molecular weight excluding hydrogens is 332 g/mol. The quantitative estimate of drug-likeness (QED) is 0.740. The number of hydrogen-bond donors (Lipinski definition) is 1. The van der Waals surface area contributed by atoms with Crippen LogP contribution < -0.4 is 20.3 Å². The summed E-state index contributed by atoms with van der Waals surface area (Å²) in [6.45, 7) is 2.22. The van der Waals surface area contributed by atoms with Gasteiger partial charge in [-0.2, -0.15) is 0 Å². The van der Waals surface area contributed by atoms with Gasteiger partial charge in [-0.1, -0.05) is 18.2 Å². The first-order valence-corrected chi connectivity index (χ1v) is 8.33. The van der Waals surface area contributed by atoms with E-state index in [-0.39, 0.29) is 18.1 Å². The van der Waals surface area contributed by atoms with Crippen molar-refractivity contribution in [2.24, 2.45) is 7.05 Å². The van der Waals surface area contributed by atoms with Crippen LogP contribution in [0.1, 0.15) is 6.92 Å². The first-order chi connectivity index (χ1) is 12.6. The summed E-state index contributed by atoms with van der Waals surface area (Å²) in [4.78, 5) is 24.4. The van der Waals surface area contributed by atoms with Crippen LogP contribution in [0, 0.1) is 0 Å². The van der Waals surface area contributed by atoms with Crippen LogP contribution >= 0.6 is 0 Å². The molecule has 0 saturated heterocycles. The first kappa shape index (κ1) is 17.5. The molecule has 0 fully saturated rings. The first-order valence-electron chi connectivity index (χ1n) is 8.33. The SMILES string of the molecule is CCOc1ccccc1NC(=O)COc1cccc2c(=O)n(C)ccc12. The van der Waals surface area contributed by atoms with Crippen LogP contribution in [-0.2, 0) is 11.8 Å². The zero-order valence-electron chi connectivity index (χ0n) is 14.7. The molecule has 0 aliphatic carbocycles. The Morgan fingerprint density at radius 1 is 1.00 bits per heavy atom. The monoisotopic (exact) mass is 352 g/mol. The van der Waals surface area contributed by atoms with Gasteiger partial charge in [-0.15, -0.1) is 0 Å². The highest BCUT2D eigenvalue weighted by atomic mass is 16.5. The Balaban J connectivity index is 1.74.